The van der Waals surface area contributed by atoms with Crippen LogP contribution < -0.4 is 9.62 Å². The summed E-state index contributed by atoms with van der Waals surface area (Å²) >= 11 is 0. The molecule has 0 unspecified atom stereocenters. The van der Waals surface area contributed by atoms with E-state index in [1.54, 1.807) is 38.1 Å². The lowest BCUT2D eigenvalue weighted by atomic mass is 10.1. The Bertz CT molecular complexity index is 1260. The third-order valence-electron chi connectivity index (χ3n) is 4.75. The molecule has 0 atom stereocenters. The summed E-state index contributed by atoms with van der Waals surface area (Å²) in [5, 5.41) is 2.63. The number of carbonyl (C=O) groups excluding carboxylic acids is 2. The number of halogens is 1. The molecule has 0 bridgehead atoms. The summed E-state index contributed by atoms with van der Waals surface area (Å²) in [6, 6.07) is 17.4. The second-order valence-electron chi connectivity index (χ2n) is 7.07. The minimum Gasteiger partial charge on any atom is -0.462 e. The summed E-state index contributed by atoms with van der Waals surface area (Å²) < 4.78 is 46.7. The standard InChI is InChI=1S/C24H23FN2O5S/c1-3-32-24(29)18-13-14-21(17(2)15-18)26-23(28)16-27(22-12-8-7-11-20(22)25)33(30,31)19-9-5-4-6-10-19/h4-15H,3,16H2,1-2H3,(H,26,28). The van der Waals surface area contributed by atoms with E-state index in [1.807, 2.05) is 0 Å². The third kappa shape index (κ3) is 5.56. The number of aryl methyl sites for hydroxylation is 1. The molecule has 0 aliphatic carbocycles. The van der Waals surface area contributed by atoms with E-state index in [-0.39, 0.29) is 17.2 Å². The van der Waals surface area contributed by atoms with Crippen LogP contribution in [0.4, 0.5) is 15.8 Å². The van der Waals surface area contributed by atoms with Crippen LogP contribution in [0.5, 0.6) is 0 Å². The maximum Gasteiger partial charge on any atom is 0.338 e. The van der Waals surface area contributed by atoms with Gasteiger partial charge < -0.3 is 10.1 Å². The van der Waals surface area contributed by atoms with Gasteiger partial charge in [-0.2, -0.15) is 0 Å². The summed E-state index contributed by atoms with van der Waals surface area (Å²) in [5.41, 5.74) is 1.05. The molecular formula is C24H23FN2O5S. The van der Waals surface area contributed by atoms with Gasteiger partial charge >= 0.3 is 5.97 Å². The van der Waals surface area contributed by atoms with Gasteiger partial charge in [-0.15, -0.1) is 0 Å². The Morgan fingerprint density at radius 3 is 2.30 bits per heavy atom. The zero-order valence-electron chi connectivity index (χ0n) is 18.1. The molecule has 0 aliphatic rings. The van der Waals surface area contributed by atoms with Gasteiger partial charge in [0.25, 0.3) is 10.0 Å². The Labute approximate surface area is 191 Å². The quantitative estimate of drug-likeness (QED) is 0.500. The molecule has 0 aliphatic heterocycles. The number of nitrogens with one attached hydrogen (secondary N) is 1. The molecule has 172 valence electrons. The predicted octanol–water partition coefficient (Wildman–Crippen LogP) is 4.14. The summed E-state index contributed by atoms with van der Waals surface area (Å²) in [6.07, 6.45) is 0. The van der Waals surface area contributed by atoms with Crippen LogP contribution in [-0.4, -0.2) is 33.4 Å². The fourth-order valence-electron chi connectivity index (χ4n) is 3.14. The van der Waals surface area contributed by atoms with Crippen molar-refractivity contribution in [3.8, 4) is 0 Å². The number of rotatable bonds is 8. The van der Waals surface area contributed by atoms with Gasteiger partial charge in [0.1, 0.15) is 12.4 Å². The minimum atomic E-state index is -4.23. The van der Waals surface area contributed by atoms with Crippen molar-refractivity contribution < 1.29 is 27.1 Å². The summed E-state index contributed by atoms with van der Waals surface area (Å²) in [6.45, 7) is 2.97. The van der Waals surface area contributed by atoms with Crippen LogP contribution in [-0.2, 0) is 19.6 Å². The molecule has 9 heteroatoms. The third-order valence-corrected chi connectivity index (χ3v) is 6.53. The first-order valence-electron chi connectivity index (χ1n) is 10.1. The number of ether oxygens (including phenoxy) is 1. The number of amides is 1. The number of hydrogen-bond donors (Lipinski definition) is 1. The normalized spacial score (nSPS) is 11.0. The molecule has 1 N–H and O–H groups in total. The number of hydrogen-bond acceptors (Lipinski definition) is 5. The van der Waals surface area contributed by atoms with E-state index in [2.05, 4.69) is 5.32 Å². The molecule has 0 radical (unpaired) electrons. The van der Waals surface area contributed by atoms with Crippen molar-refractivity contribution in [2.75, 3.05) is 22.8 Å². The minimum absolute atomic E-state index is 0.0731. The number of esters is 1. The van der Waals surface area contributed by atoms with Crippen LogP contribution in [0.15, 0.2) is 77.7 Å². The number of sulfonamides is 1. The van der Waals surface area contributed by atoms with Gasteiger partial charge in [0, 0.05) is 5.69 Å². The predicted molar refractivity (Wildman–Crippen MR) is 123 cm³/mol. The monoisotopic (exact) mass is 470 g/mol. The van der Waals surface area contributed by atoms with Gasteiger partial charge in [-0.05, 0) is 61.9 Å². The summed E-state index contributed by atoms with van der Waals surface area (Å²) in [5.74, 6) is -1.94. The van der Waals surface area contributed by atoms with Crippen LogP contribution in [0.25, 0.3) is 0 Å². The van der Waals surface area contributed by atoms with Crippen LogP contribution in [0.2, 0.25) is 0 Å². The second-order valence-corrected chi connectivity index (χ2v) is 8.94. The molecule has 3 aromatic rings. The molecule has 0 aromatic heterocycles. The van der Waals surface area contributed by atoms with Crippen LogP contribution in [0.1, 0.15) is 22.8 Å². The van der Waals surface area contributed by atoms with Crippen LogP contribution in [0.3, 0.4) is 0 Å². The summed E-state index contributed by atoms with van der Waals surface area (Å²) in [7, 11) is -4.23. The van der Waals surface area contributed by atoms with Crippen molar-refractivity contribution in [3.63, 3.8) is 0 Å². The van der Waals surface area contributed by atoms with Crippen molar-refractivity contribution >= 4 is 33.3 Å². The molecule has 1 amide bonds. The Morgan fingerprint density at radius 2 is 1.67 bits per heavy atom. The van der Waals surface area contributed by atoms with Crippen molar-refractivity contribution in [3.05, 3.63) is 89.7 Å². The number of benzene rings is 3. The number of carbonyl (C=O) groups is 2. The van der Waals surface area contributed by atoms with Gasteiger partial charge in [-0.3, -0.25) is 9.10 Å². The Morgan fingerprint density at radius 1 is 1.00 bits per heavy atom. The molecule has 0 heterocycles. The van der Waals surface area contributed by atoms with Crippen molar-refractivity contribution in [1.82, 2.24) is 0 Å². The number of anilines is 2. The van der Waals surface area contributed by atoms with E-state index in [1.165, 1.54) is 42.5 Å². The van der Waals surface area contributed by atoms with Gasteiger partial charge in [-0.25, -0.2) is 17.6 Å². The Hall–Kier alpha value is -3.72. The average molecular weight is 471 g/mol. The molecule has 7 nitrogen and oxygen atoms in total. The zero-order valence-corrected chi connectivity index (χ0v) is 18.9. The number of nitrogens with zero attached hydrogens (tertiary/aromatic N) is 1. The topological polar surface area (TPSA) is 92.8 Å². The smallest absolute Gasteiger partial charge is 0.338 e. The Kier molecular flexibility index (Phi) is 7.44. The van der Waals surface area contributed by atoms with Crippen molar-refractivity contribution in [2.45, 2.75) is 18.7 Å². The fraction of sp³-hybridized carbons (Fsp3) is 0.167. The van der Waals surface area contributed by atoms with E-state index in [9.17, 15) is 22.4 Å². The largest absolute Gasteiger partial charge is 0.462 e. The van der Waals surface area contributed by atoms with Crippen LogP contribution in [0, 0.1) is 12.7 Å². The molecule has 0 saturated heterocycles. The van der Waals surface area contributed by atoms with Gasteiger partial charge in [0.05, 0.1) is 22.8 Å². The first-order chi connectivity index (χ1) is 15.7. The molecule has 33 heavy (non-hydrogen) atoms. The first-order valence-corrected chi connectivity index (χ1v) is 11.6. The maximum atomic E-state index is 14.5. The molecule has 0 fully saturated rings. The van der Waals surface area contributed by atoms with Crippen molar-refractivity contribution in [1.29, 1.82) is 0 Å². The molecule has 3 aromatic carbocycles. The van der Waals surface area contributed by atoms with Gasteiger partial charge in [0.15, 0.2) is 0 Å². The van der Waals surface area contributed by atoms with E-state index < -0.39 is 34.3 Å². The second kappa shape index (κ2) is 10.3. The molecule has 3 rings (SSSR count). The average Bonchev–Trinajstić information content (AvgIpc) is 2.80. The molecular weight excluding hydrogens is 447 g/mol. The van der Waals surface area contributed by atoms with Gasteiger partial charge in [0.2, 0.25) is 5.91 Å². The fourth-order valence-corrected chi connectivity index (χ4v) is 4.59. The summed E-state index contributed by atoms with van der Waals surface area (Å²) in [4.78, 5) is 24.6. The van der Waals surface area contributed by atoms with Gasteiger partial charge in [-0.1, -0.05) is 30.3 Å². The van der Waals surface area contributed by atoms with E-state index in [4.69, 9.17) is 4.74 Å². The van der Waals surface area contributed by atoms with E-state index in [0.29, 0.717) is 16.8 Å². The highest BCUT2D eigenvalue weighted by Crippen LogP contribution is 2.26. The first kappa shape index (κ1) is 23.9. The maximum absolute atomic E-state index is 14.5. The SMILES string of the molecule is CCOC(=O)c1ccc(NC(=O)CN(c2ccccc2F)S(=O)(=O)c2ccccc2)c(C)c1. The van der Waals surface area contributed by atoms with E-state index in [0.717, 1.165) is 10.4 Å². The zero-order chi connectivity index (χ0) is 24.0. The number of para-hydroxylation sites is 1. The molecule has 0 saturated carbocycles. The molecule has 0 spiro atoms. The highest BCUT2D eigenvalue weighted by atomic mass is 32.2. The lowest BCUT2D eigenvalue weighted by molar-refractivity contribution is -0.114. The van der Waals surface area contributed by atoms with Crippen LogP contribution >= 0.6 is 0 Å². The highest BCUT2D eigenvalue weighted by Gasteiger charge is 2.29. The lowest BCUT2D eigenvalue weighted by Gasteiger charge is -2.24. The lowest BCUT2D eigenvalue weighted by Crippen LogP contribution is -2.38. The highest BCUT2D eigenvalue weighted by molar-refractivity contribution is 7.92. The van der Waals surface area contributed by atoms with E-state index >= 15 is 0 Å². The van der Waals surface area contributed by atoms with Crippen molar-refractivity contribution in [2.24, 2.45) is 0 Å². The Balaban J connectivity index is 1.89.